The van der Waals surface area contributed by atoms with E-state index in [0.717, 1.165) is 37.4 Å². The average molecular weight is 354 g/mol. The largest absolute Gasteiger partial charge is 0.346 e. The monoisotopic (exact) mass is 354 g/mol. The first-order valence-corrected chi connectivity index (χ1v) is 9.44. The third-order valence-electron chi connectivity index (χ3n) is 5.48. The van der Waals surface area contributed by atoms with Gasteiger partial charge in [0.25, 0.3) is 0 Å². The van der Waals surface area contributed by atoms with Crippen LogP contribution in [0.25, 0.3) is 22.3 Å². The van der Waals surface area contributed by atoms with Crippen LogP contribution in [0.4, 0.5) is 0 Å². The number of hydrogen-bond acceptors (Lipinski definition) is 3. The van der Waals surface area contributed by atoms with Crippen molar-refractivity contribution in [2.24, 2.45) is 7.05 Å². The second kappa shape index (κ2) is 6.63. The molecule has 0 atom stereocenters. The average Bonchev–Trinajstić information content (AvgIpc) is 3.04. The van der Waals surface area contributed by atoms with E-state index in [-0.39, 0.29) is 0 Å². The van der Waals surface area contributed by atoms with E-state index in [1.807, 2.05) is 24.4 Å². The molecule has 4 heteroatoms. The van der Waals surface area contributed by atoms with E-state index in [0.29, 0.717) is 0 Å². The Labute approximate surface area is 159 Å². The number of fused-ring (bicyclic) bond motifs is 2. The van der Waals surface area contributed by atoms with Crippen LogP contribution in [0.1, 0.15) is 17.0 Å². The van der Waals surface area contributed by atoms with E-state index < -0.39 is 0 Å². The Morgan fingerprint density at radius 2 is 1.81 bits per heavy atom. The van der Waals surface area contributed by atoms with Gasteiger partial charge in [0.2, 0.25) is 0 Å². The summed E-state index contributed by atoms with van der Waals surface area (Å²) in [5.74, 6) is 0.830. The lowest BCUT2D eigenvalue weighted by atomic mass is 10.1. The molecule has 27 heavy (non-hydrogen) atoms. The standard InChI is InChI=1S/C23H22N4/c1-26-20(13-18-9-5-6-10-22(18)26)16-27-12-11-21-19(15-27)14-24-23(25-21)17-7-3-2-4-8-17/h2-10,13-14H,11-12,15-16H2,1H3. The molecule has 0 amide bonds. The number of para-hydroxylation sites is 1. The number of aryl methyl sites for hydroxylation is 1. The van der Waals surface area contributed by atoms with Gasteiger partial charge in [0.1, 0.15) is 0 Å². The van der Waals surface area contributed by atoms with E-state index in [1.165, 1.54) is 27.9 Å². The summed E-state index contributed by atoms with van der Waals surface area (Å²) in [5, 5.41) is 1.31. The van der Waals surface area contributed by atoms with Gasteiger partial charge >= 0.3 is 0 Å². The van der Waals surface area contributed by atoms with E-state index in [1.54, 1.807) is 0 Å². The number of hydrogen-bond donors (Lipinski definition) is 0. The zero-order chi connectivity index (χ0) is 18.2. The number of nitrogens with zero attached hydrogens (tertiary/aromatic N) is 4. The van der Waals surface area contributed by atoms with Crippen molar-refractivity contribution < 1.29 is 0 Å². The van der Waals surface area contributed by atoms with Gasteiger partial charge in [-0.25, -0.2) is 9.97 Å². The van der Waals surface area contributed by atoms with Crippen LogP contribution in [-0.4, -0.2) is 26.0 Å². The van der Waals surface area contributed by atoms with Crippen LogP contribution < -0.4 is 0 Å². The third-order valence-corrected chi connectivity index (χ3v) is 5.48. The Balaban J connectivity index is 1.37. The lowest BCUT2D eigenvalue weighted by Crippen LogP contribution is -2.31. The van der Waals surface area contributed by atoms with E-state index in [2.05, 4.69) is 64.0 Å². The maximum atomic E-state index is 4.83. The summed E-state index contributed by atoms with van der Waals surface area (Å²) in [7, 11) is 2.16. The molecule has 0 spiro atoms. The summed E-state index contributed by atoms with van der Waals surface area (Å²) in [6, 6.07) is 21.1. The van der Waals surface area contributed by atoms with Crippen LogP contribution >= 0.6 is 0 Å². The fourth-order valence-corrected chi connectivity index (χ4v) is 3.96. The van der Waals surface area contributed by atoms with Crippen molar-refractivity contribution in [3.8, 4) is 11.4 Å². The van der Waals surface area contributed by atoms with Gasteiger partial charge in [0.15, 0.2) is 5.82 Å². The predicted molar refractivity (Wildman–Crippen MR) is 108 cm³/mol. The minimum absolute atomic E-state index is 0.830. The molecule has 2 aromatic heterocycles. The molecule has 2 aromatic carbocycles. The van der Waals surface area contributed by atoms with E-state index in [9.17, 15) is 0 Å². The SMILES string of the molecule is Cn1c(CN2CCc3nc(-c4ccccc4)ncc3C2)cc2ccccc21. The highest BCUT2D eigenvalue weighted by Crippen LogP contribution is 2.24. The van der Waals surface area contributed by atoms with Crippen molar-refractivity contribution in [1.29, 1.82) is 0 Å². The second-order valence-corrected chi connectivity index (χ2v) is 7.25. The lowest BCUT2D eigenvalue weighted by molar-refractivity contribution is 0.238. The number of rotatable bonds is 3. The smallest absolute Gasteiger partial charge is 0.159 e. The van der Waals surface area contributed by atoms with Crippen molar-refractivity contribution >= 4 is 10.9 Å². The maximum absolute atomic E-state index is 4.83. The van der Waals surface area contributed by atoms with Gasteiger partial charge in [0.05, 0.1) is 5.69 Å². The topological polar surface area (TPSA) is 34.0 Å². The van der Waals surface area contributed by atoms with Crippen LogP contribution in [0.3, 0.4) is 0 Å². The van der Waals surface area contributed by atoms with Gasteiger partial charge in [-0.3, -0.25) is 4.90 Å². The molecule has 0 radical (unpaired) electrons. The van der Waals surface area contributed by atoms with Gasteiger partial charge in [-0.2, -0.15) is 0 Å². The van der Waals surface area contributed by atoms with Crippen LogP contribution in [0.2, 0.25) is 0 Å². The van der Waals surface area contributed by atoms with Crippen molar-refractivity contribution in [2.45, 2.75) is 19.5 Å². The fourth-order valence-electron chi connectivity index (χ4n) is 3.96. The zero-order valence-electron chi connectivity index (χ0n) is 15.5. The van der Waals surface area contributed by atoms with Gasteiger partial charge in [0, 0.05) is 61.6 Å². The quantitative estimate of drug-likeness (QED) is 0.553. The van der Waals surface area contributed by atoms with Gasteiger partial charge in [-0.15, -0.1) is 0 Å². The summed E-state index contributed by atoms with van der Waals surface area (Å²) >= 11 is 0. The first kappa shape index (κ1) is 16.2. The first-order valence-electron chi connectivity index (χ1n) is 9.44. The molecule has 5 rings (SSSR count). The first-order chi connectivity index (χ1) is 13.3. The van der Waals surface area contributed by atoms with Gasteiger partial charge in [-0.1, -0.05) is 48.5 Å². The summed E-state index contributed by atoms with van der Waals surface area (Å²) in [4.78, 5) is 11.9. The molecular formula is C23H22N4. The second-order valence-electron chi connectivity index (χ2n) is 7.25. The van der Waals surface area contributed by atoms with Crippen LogP contribution in [0.5, 0.6) is 0 Å². The molecule has 4 aromatic rings. The molecule has 4 nitrogen and oxygen atoms in total. The van der Waals surface area contributed by atoms with Crippen LogP contribution in [0.15, 0.2) is 66.9 Å². The Morgan fingerprint density at radius 1 is 1.00 bits per heavy atom. The molecule has 0 unspecified atom stereocenters. The molecule has 0 N–H and O–H groups in total. The van der Waals surface area contributed by atoms with Crippen molar-refractivity contribution in [3.63, 3.8) is 0 Å². The Hall–Kier alpha value is -2.98. The number of benzene rings is 2. The minimum atomic E-state index is 0.830. The van der Waals surface area contributed by atoms with Crippen molar-refractivity contribution in [2.75, 3.05) is 6.54 Å². The summed E-state index contributed by atoms with van der Waals surface area (Å²) in [6.07, 6.45) is 2.99. The number of aromatic nitrogens is 3. The lowest BCUT2D eigenvalue weighted by Gasteiger charge is -2.28. The molecule has 1 aliphatic rings. The third kappa shape index (κ3) is 3.02. The fraction of sp³-hybridized carbons (Fsp3) is 0.217. The van der Waals surface area contributed by atoms with Crippen LogP contribution in [-0.2, 0) is 26.6 Å². The zero-order valence-corrected chi connectivity index (χ0v) is 15.5. The van der Waals surface area contributed by atoms with Crippen LogP contribution in [0, 0.1) is 0 Å². The Bertz CT molecular complexity index is 1100. The molecule has 0 bridgehead atoms. The highest BCUT2D eigenvalue weighted by Gasteiger charge is 2.20. The molecule has 1 aliphatic heterocycles. The molecule has 0 aliphatic carbocycles. The van der Waals surface area contributed by atoms with E-state index >= 15 is 0 Å². The minimum Gasteiger partial charge on any atom is -0.346 e. The van der Waals surface area contributed by atoms with E-state index in [4.69, 9.17) is 4.98 Å². The summed E-state index contributed by atoms with van der Waals surface area (Å²) in [6.45, 7) is 2.89. The van der Waals surface area contributed by atoms with Gasteiger partial charge < -0.3 is 4.57 Å². The van der Waals surface area contributed by atoms with Gasteiger partial charge in [-0.05, 0) is 17.5 Å². The van der Waals surface area contributed by atoms with Crippen molar-refractivity contribution in [1.82, 2.24) is 19.4 Å². The predicted octanol–water partition coefficient (Wildman–Crippen LogP) is 4.19. The summed E-state index contributed by atoms with van der Waals surface area (Å²) in [5.41, 5.74) is 6.16. The molecule has 0 saturated heterocycles. The Kier molecular flexibility index (Phi) is 3.98. The summed E-state index contributed by atoms with van der Waals surface area (Å²) < 4.78 is 2.31. The highest BCUT2D eigenvalue weighted by atomic mass is 15.2. The molecule has 0 saturated carbocycles. The normalized spacial score (nSPS) is 14.4. The molecule has 3 heterocycles. The molecule has 0 fully saturated rings. The highest BCUT2D eigenvalue weighted by molar-refractivity contribution is 5.81. The van der Waals surface area contributed by atoms with Crippen molar-refractivity contribution in [3.05, 3.63) is 83.8 Å². The maximum Gasteiger partial charge on any atom is 0.159 e. The Morgan fingerprint density at radius 3 is 2.67 bits per heavy atom. The molecular weight excluding hydrogens is 332 g/mol. The molecule has 134 valence electrons.